The second-order valence-electron chi connectivity index (χ2n) is 10.9. The van der Waals surface area contributed by atoms with Crippen molar-refractivity contribution in [2.45, 2.75) is 76.9 Å². The molecule has 1 radical (unpaired) electrons. The number of rotatable bonds is 6. The molecule has 2 amide bonds. The maximum atomic E-state index is 13.8. The molecule has 1 saturated heterocycles. The van der Waals surface area contributed by atoms with Gasteiger partial charge in [0.25, 0.3) is 0 Å². The summed E-state index contributed by atoms with van der Waals surface area (Å²) in [7, 11) is 0. The third kappa shape index (κ3) is 6.15. The van der Waals surface area contributed by atoms with Crippen LogP contribution in [0, 0.1) is 5.41 Å². The summed E-state index contributed by atoms with van der Waals surface area (Å²) in [5.41, 5.74) is 1.49. The molecular weight excluding hydrogens is 577 g/mol. The Kier molecular flexibility index (Phi) is 8.27. The average molecular weight is 609 g/mol. The molecule has 11 heteroatoms. The van der Waals surface area contributed by atoms with E-state index in [-0.39, 0.29) is 29.0 Å². The van der Waals surface area contributed by atoms with Gasteiger partial charge in [0.15, 0.2) is 0 Å². The van der Waals surface area contributed by atoms with Crippen molar-refractivity contribution in [1.82, 2.24) is 14.8 Å². The number of hydrogen-bond acceptors (Lipinski definition) is 6. The van der Waals surface area contributed by atoms with Crippen LogP contribution in [-0.4, -0.2) is 72.3 Å². The van der Waals surface area contributed by atoms with Crippen molar-refractivity contribution in [2.24, 2.45) is 5.41 Å². The Balaban J connectivity index is 1.46. The van der Waals surface area contributed by atoms with Crippen LogP contribution in [0.5, 0.6) is 0 Å². The van der Waals surface area contributed by atoms with Crippen molar-refractivity contribution >= 4 is 60.5 Å². The van der Waals surface area contributed by atoms with Crippen molar-refractivity contribution in [3.63, 3.8) is 0 Å². The molecule has 0 aliphatic carbocycles. The topological polar surface area (TPSA) is 100 Å². The molecule has 1 N–H and O–H groups in total. The zero-order valence-corrected chi connectivity index (χ0v) is 25.1. The van der Waals surface area contributed by atoms with Crippen LogP contribution in [0.2, 0.25) is 9.73 Å². The number of carboxylic acids is 1. The number of carbonyl (C=O) groups is 3. The minimum absolute atomic E-state index is 0.0614. The summed E-state index contributed by atoms with van der Waals surface area (Å²) < 4.78 is 6.30. The van der Waals surface area contributed by atoms with Crippen LogP contribution in [0.15, 0.2) is 24.4 Å². The first-order valence-corrected chi connectivity index (χ1v) is 15.5. The zero-order chi connectivity index (χ0) is 27.1. The van der Waals surface area contributed by atoms with Gasteiger partial charge in [0.05, 0.1) is 0 Å². The van der Waals surface area contributed by atoms with E-state index in [1.807, 2.05) is 39.1 Å². The van der Waals surface area contributed by atoms with Gasteiger partial charge in [-0.2, -0.15) is 0 Å². The Morgan fingerprint density at radius 2 is 1.97 bits per heavy atom. The molecule has 0 saturated carbocycles. The van der Waals surface area contributed by atoms with Crippen LogP contribution < -0.4 is 3.80 Å². The molecule has 3 atom stereocenters. The maximum absolute atomic E-state index is 13.8. The molecule has 37 heavy (non-hydrogen) atoms. The Morgan fingerprint density at radius 1 is 1.24 bits per heavy atom. The monoisotopic (exact) mass is 608 g/mol. The fourth-order valence-corrected chi connectivity index (χ4v) is 9.16. The third-order valence-electron chi connectivity index (χ3n) is 6.66. The van der Waals surface area contributed by atoms with Gasteiger partial charge in [0.2, 0.25) is 0 Å². The van der Waals surface area contributed by atoms with Crippen molar-refractivity contribution in [3.8, 4) is 0 Å². The number of thiazole rings is 1. The van der Waals surface area contributed by atoms with E-state index in [4.69, 9.17) is 16.3 Å². The Labute approximate surface area is 233 Å². The number of halogens is 1. The number of ether oxygens (including phenoxy) is 1. The van der Waals surface area contributed by atoms with Gasteiger partial charge in [0, 0.05) is 0 Å². The standard InChI is InChI=1S/C26H32AsClN3O5S/c1-14(2)20-10-29-24(37-20)27-21(26(3,4)5)22(32)31-12-16(9-19(31)23(33)34)36-25(35)30-11-15-7-6-8-18(28)17(15)13-30/h6-8,10,14,16,19,21H,9,11-13H2,1-5H3,(H,33,34). The number of amides is 2. The average Bonchev–Trinajstić information content (AvgIpc) is 3.54. The number of aliphatic carboxylic acids is 1. The van der Waals surface area contributed by atoms with Gasteiger partial charge in [-0.3, -0.25) is 0 Å². The molecule has 1 fully saturated rings. The van der Waals surface area contributed by atoms with Crippen LogP contribution in [-0.2, 0) is 27.4 Å². The first-order chi connectivity index (χ1) is 17.3. The minimum atomic E-state index is -1.09. The van der Waals surface area contributed by atoms with E-state index >= 15 is 0 Å². The van der Waals surface area contributed by atoms with Crippen molar-refractivity contribution in [2.75, 3.05) is 6.54 Å². The number of likely N-dealkylation sites (tertiary alicyclic amines) is 1. The molecule has 3 heterocycles. The summed E-state index contributed by atoms with van der Waals surface area (Å²) in [5.74, 6) is -0.936. The summed E-state index contributed by atoms with van der Waals surface area (Å²) in [6, 6.07) is 4.52. The molecule has 1 aromatic carbocycles. The van der Waals surface area contributed by atoms with Gasteiger partial charge >= 0.3 is 234 Å². The number of benzene rings is 1. The molecule has 4 rings (SSSR count). The molecule has 1 aromatic heterocycles. The number of carbonyl (C=O) groups excluding carboxylic acids is 2. The Morgan fingerprint density at radius 3 is 2.57 bits per heavy atom. The Hall–Kier alpha value is -2.09. The van der Waals surface area contributed by atoms with Gasteiger partial charge in [0.1, 0.15) is 0 Å². The second-order valence-corrected chi connectivity index (χ2v) is 15.6. The third-order valence-corrected chi connectivity index (χ3v) is 12.6. The van der Waals surface area contributed by atoms with E-state index in [1.165, 1.54) is 9.78 Å². The molecule has 2 aliphatic heterocycles. The van der Waals surface area contributed by atoms with Gasteiger partial charge in [-0.1, -0.05) is 0 Å². The summed E-state index contributed by atoms with van der Waals surface area (Å²) >= 11 is 7.28. The quantitative estimate of drug-likeness (QED) is 0.491. The molecule has 199 valence electrons. The number of fused-ring (bicyclic) bond motifs is 1. The van der Waals surface area contributed by atoms with E-state index < -0.39 is 40.0 Å². The van der Waals surface area contributed by atoms with Crippen LogP contribution in [0.3, 0.4) is 0 Å². The van der Waals surface area contributed by atoms with E-state index in [1.54, 1.807) is 22.3 Å². The fourth-order valence-electron chi connectivity index (χ4n) is 4.58. The fraction of sp³-hybridized carbons (Fsp3) is 0.538. The molecule has 2 aromatic rings. The van der Waals surface area contributed by atoms with Crippen molar-refractivity contribution in [1.29, 1.82) is 0 Å². The number of hydrogen-bond donors (Lipinski definition) is 1. The molecule has 3 unspecified atom stereocenters. The van der Waals surface area contributed by atoms with E-state index in [2.05, 4.69) is 18.8 Å². The SMILES string of the molecule is CC(C)c1cnc([As]C(C(=O)N2CC(OC(=O)N3Cc4cccc(Cl)c4C3)CC2C(=O)O)C(C)(C)C)s1. The van der Waals surface area contributed by atoms with Crippen molar-refractivity contribution < 1.29 is 24.2 Å². The zero-order valence-electron chi connectivity index (χ0n) is 21.6. The number of carboxylic acid groups (broad SMARTS) is 1. The molecule has 0 spiro atoms. The van der Waals surface area contributed by atoms with E-state index in [0.29, 0.717) is 24.0 Å². The summed E-state index contributed by atoms with van der Waals surface area (Å²) in [6.07, 6.45) is 0.718. The predicted octanol–water partition coefficient (Wildman–Crippen LogP) is 4.29. The predicted molar refractivity (Wildman–Crippen MR) is 144 cm³/mol. The van der Waals surface area contributed by atoms with Gasteiger partial charge in [-0.25, -0.2) is 0 Å². The Bertz CT molecular complexity index is 1200. The number of nitrogens with zero attached hydrogens (tertiary/aromatic N) is 3. The first-order valence-electron chi connectivity index (χ1n) is 12.3. The summed E-state index contributed by atoms with van der Waals surface area (Å²) in [5, 5.41) is 10.5. The van der Waals surface area contributed by atoms with Gasteiger partial charge in [-0.15, -0.1) is 0 Å². The van der Waals surface area contributed by atoms with Gasteiger partial charge in [-0.05, 0) is 0 Å². The number of aromatic nitrogens is 1. The first kappa shape index (κ1) is 27.9. The molecule has 0 bridgehead atoms. The van der Waals surface area contributed by atoms with Crippen LogP contribution in [0.1, 0.15) is 63.0 Å². The van der Waals surface area contributed by atoms with Crippen LogP contribution >= 0.6 is 22.9 Å². The molecule has 2 aliphatic rings. The molecular formula is C26H32AsClN3O5S. The van der Waals surface area contributed by atoms with Crippen LogP contribution in [0.4, 0.5) is 4.79 Å². The van der Waals surface area contributed by atoms with E-state index in [0.717, 1.165) is 14.9 Å². The van der Waals surface area contributed by atoms with Gasteiger partial charge < -0.3 is 0 Å². The normalized spacial score (nSPS) is 20.6. The van der Waals surface area contributed by atoms with Crippen LogP contribution in [0.25, 0.3) is 0 Å². The second kappa shape index (κ2) is 11.0. The van der Waals surface area contributed by atoms with Crippen molar-refractivity contribution in [3.05, 3.63) is 45.4 Å². The summed E-state index contributed by atoms with van der Waals surface area (Å²) in [4.78, 5) is 47.6. The molecule has 8 nitrogen and oxygen atoms in total. The van der Waals surface area contributed by atoms with E-state index in [9.17, 15) is 19.5 Å². The summed E-state index contributed by atoms with van der Waals surface area (Å²) in [6.45, 7) is 11.0.